The van der Waals surface area contributed by atoms with Gasteiger partial charge in [-0.25, -0.2) is 0 Å². The third-order valence-corrected chi connectivity index (χ3v) is 3.48. The first-order valence-corrected chi connectivity index (χ1v) is 7.97. The van der Waals surface area contributed by atoms with Gasteiger partial charge in [0, 0.05) is 30.9 Å². The molecular formula is C17H36N2O3. The standard InChI is InChI=1S/C17H36N2O3/c1-15(2,11-21-7)8-14(20)19-10-17(5,6)13-22-12-16(3,4)9-18/h8-13,18H2,1-7H3,(H,19,20). The molecule has 0 aliphatic rings. The number of hydrogen-bond donors (Lipinski definition) is 2. The maximum Gasteiger partial charge on any atom is 0.220 e. The van der Waals surface area contributed by atoms with E-state index in [4.69, 9.17) is 15.2 Å². The molecule has 1 amide bonds. The molecule has 22 heavy (non-hydrogen) atoms. The Balaban J connectivity index is 4.13. The van der Waals surface area contributed by atoms with Crippen molar-refractivity contribution in [3.8, 4) is 0 Å². The van der Waals surface area contributed by atoms with Crippen LogP contribution in [-0.2, 0) is 14.3 Å². The number of ether oxygens (including phenoxy) is 2. The SMILES string of the molecule is COCC(C)(C)CC(=O)NCC(C)(C)COCC(C)(C)CN. The number of rotatable bonds is 11. The molecule has 0 aromatic rings. The summed E-state index contributed by atoms with van der Waals surface area (Å²) in [5.74, 6) is 0.0532. The Morgan fingerprint density at radius 2 is 1.50 bits per heavy atom. The van der Waals surface area contributed by atoms with Gasteiger partial charge in [0.1, 0.15) is 0 Å². The lowest BCUT2D eigenvalue weighted by atomic mass is 9.89. The van der Waals surface area contributed by atoms with Crippen LogP contribution in [-0.4, -0.2) is 45.9 Å². The third kappa shape index (κ3) is 10.1. The van der Waals surface area contributed by atoms with Gasteiger partial charge in [-0.15, -0.1) is 0 Å². The van der Waals surface area contributed by atoms with Gasteiger partial charge in [-0.05, 0) is 12.0 Å². The summed E-state index contributed by atoms with van der Waals surface area (Å²) in [7, 11) is 1.66. The maximum atomic E-state index is 12.0. The molecule has 0 atom stereocenters. The predicted octanol–water partition coefficient (Wildman–Crippen LogP) is 2.19. The van der Waals surface area contributed by atoms with Gasteiger partial charge in [0.15, 0.2) is 0 Å². The maximum absolute atomic E-state index is 12.0. The quantitative estimate of drug-likeness (QED) is 0.613. The minimum Gasteiger partial charge on any atom is -0.384 e. The average molecular weight is 316 g/mol. The molecule has 0 aromatic carbocycles. The molecule has 0 rings (SSSR count). The molecule has 0 radical (unpaired) electrons. The van der Waals surface area contributed by atoms with Gasteiger partial charge in [-0.2, -0.15) is 0 Å². The van der Waals surface area contributed by atoms with Crippen molar-refractivity contribution in [2.45, 2.75) is 48.0 Å². The van der Waals surface area contributed by atoms with Gasteiger partial charge in [0.25, 0.3) is 0 Å². The summed E-state index contributed by atoms with van der Waals surface area (Å²) in [6, 6.07) is 0. The Morgan fingerprint density at radius 1 is 0.955 bits per heavy atom. The van der Waals surface area contributed by atoms with Crippen LogP contribution in [0.15, 0.2) is 0 Å². The van der Waals surface area contributed by atoms with Gasteiger partial charge in [0.05, 0.1) is 19.8 Å². The molecule has 5 heteroatoms. The topological polar surface area (TPSA) is 73.6 Å². The highest BCUT2D eigenvalue weighted by Crippen LogP contribution is 2.21. The second-order valence-electron chi connectivity index (χ2n) is 8.58. The molecule has 0 unspecified atom stereocenters. The van der Waals surface area contributed by atoms with Gasteiger partial charge >= 0.3 is 0 Å². The van der Waals surface area contributed by atoms with Crippen molar-refractivity contribution in [1.82, 2.24) is 5.32 Å². The molecule has 0 aliphatic heterocycles. The van der Waals surface area contributed by atoms with Crippen LogP contribution in [0.25, 0.3) is 0 Å². The Labute approximate surface area is 136 Å². The van der Waals surface area contributed by atoms with Crippen LogP contribution < -0.4 is 11.1 Å². The summed E-state index contributed by atoms with van der Waals surface area (Å²) in [6.07, 6.45) is 0.456. The first-order chi connectivity index (χ1) is 9.93. The molecule has 5 nitrogen and oxygen atoms in total. The normalized spacial score (nSPS) is 13.3. The van der Waals surface area contributed by atoms with Crippen molar-refractivity contribution in [1.29, 1.82) is 0 Å². The van der Waals surface area contributed by atoms with E-state index in [1.165, 1.54) is 0 Å². The molecule has 0 aliphatic carbocycles. The fourth-order valence-electron chi connectivity index (χ4n) is 1.99. The minimum atomic E-state index is -0.148. The number of nitrogens with one attached hydrogen (secondary N) is 1. The van der Waals surface area contributed by atoms with Gasteiger partial charge in [0.2, 0.25) is 5.91 Å². The van der Waals surface area contributed by atoms with Crippen LogP contribution in [0.4, 0.5) is 0 Å². The van der Waals surface area contributed by atoms with Crippen LogP contribution in [0, 0.1) is 16.2 Å². The smallest absolute Gasteiger partial charge is 0.220 e. The zero-order valence-electron chi connectivity index (χ0n) is 15.5. The number of carbonyl (C=O) groups is 1. The van der Waals surface area contributed by atoms with Crippen molar-refractivity contribution < 1.29 is 14.3 Å². The summed E-state index contributed by atoms with van der Waals surface area (Å²) < 4.78 is 10.9. The van der Waals surface area contributed by atoms with Crippen molar-refractivity contribution in [2.24, 2.45) is 22.0 Å². The fraction of sp³-hybridized carbons (Fsp3) is 0.941. The van der Waals surface area contributed by atoms with Crippen LogP contribution in [0.2, 0.25) is 0 Å². The van der Waals surface area contributed by atoms with E-state index in [1.807, 2.05) is 13.8 Å². The van der Waals surface area contributed by atoms with Gasteiger partial charge < -0.3 is 20.5 Å². The summed E-state index contributed by atoms with van der Waals surface area (Å²) in [5.41, 5.74) is 5.43. The monoisotopic (exact) mass is 316 g/mol. The number of amides is 1. The van der Waals surface area contributed by atoms with Crippen LogP contribution in [0.3, 0.4) is 0 Å². The predicted molar refractivity (Wildman–Crippen MR) is 90.7 cm³/mol. The molecule has 0 fully saturated rings. The second-order valence-corrected chi connectivity index (χ2v) is 8.58. The number of hydrogen-bond acceptors (Lipinski definition) is 4. The van der Waals surface area contributed by atoms with E-state index < -0.39 is 0 Å². The Morgan fingerprint density at radius 3 is 2.00 bits per heavy atom. The lowest BCUT2D eigenvalue weighted by Crippen LogP contribution is -2.40. The van der Waals surface area contributed by atoms with E-state index in [-0.39, 0.29) is 22.2 Å². The van der Waals surface area contributed by atoms with Gasteiger partial charge in [-0.3, -0.25) is 4.79 Å². The van der Waals surface area contributed by atoms with E-state index in [0.717, 1.165) is 0 Å². The summed E-state index contributed by atoms with van der Waals surface area (Å²) >= 11 is 0. The average Bonchev–Trinajstić information content (AvgIpc) is 2.35. The van der Waals surface area contributed by atoms with Crippen LogP contribution in [0.1, 0.15) is 48.0 Å². The fourth-order valence-corrected chi connectivity index (χ4v) is 1.99. The van der Waals surface area contributed by atoms with E-state index in [2.05, 4.69) is 33.0 Å². The number of carbonyl (C=O) groups excluding carboxylic acids is 1. The van der Waals surface area contributed by atoms with Crippen molar-refractivity contribution in [3.05, 3.63) is 0 Å². The second kappa shape index (κ2) is 8.85. The Hall–Kier alpha value is -0.650. The zero-order valence-corrected chi connectivity index (χ0v) is 15.5. The van der Waals surface area contributed by atoms with E-state index in [0.29, 0.717) is 39.3 Å². The lowest BCUT2D eigenvalue weighted by molar-refractivity contribution is -0.124. The van der Waals surface area contributed by atoms with Crippen molar-refractivity contribution in [3.63, 3.8) is 0 Å². The van der Waals surface area contributed by atoms with E-state index in [9.17, 15) is 4.79 Å². The highest BCUT2D eigenvalue weighted by atomic mass is 16.5. The lowest BCUT2D eigenvalue weighted by Gasteiger charge is -2.29. The Bertz CT molecular complexity index is 339. The van der Waals surface area contributed by atoms with E-state index >= 15 is 0 Å². The first-order valence-electron chi connectivity index (χ1n) is 7.97. The molecule has 0 bridgehead atoms. The molecule has 0 saturated heterocycles. The highest BCUT2D eigenvalue weighted by molar-refractivity contribution is 5.76. The number of nitrogens with two attached hydrogens (primary N) is 1. The minimum absolute atomic E-state index is 0.0104. The largest absolute Gasteiger partial charge is 0.384 e. The highest BCUT2D eigenvalue weighted by Gasteiger charge is 2.25. The summed E-state index contributed by atoms with van der Waals surface area (Å²) in [5, 5.41) is 3.00. The molecule has 0 saturated carbocycles. The summed E-state index contributed by atoms with van der Waals surface area (Å²) in [6.45, 7) is 15.4. The van der Waals surface area contributed by atoms with Gasteiger partial charge in [-0.1, -0.05) is 41.5 Å². The molecule has 3 N–H and O–H groups in total. The van der Waals surface area contributed by atoms with Crippen LogP contribution >= 0.6 is 0 Å². The number of methoxy groups -OCH3 is 1. The summed E-state index contributed by atoms with van der Waals surface area (Å²) in [4.78, 5) is 12.0. The first kappa shape index (κ1) is 21.4. The van der Waals surface area contributed by atoms with Crippen LogP contribution in [0.5, 0.6) is 0 Å². The molecule has 0 aromatic heterocycles. The van der Waals surface area contributed by atoms with Crippen molar-refractivity contribution in [2.75, 3.05) is 40.0 Å². The van der Waals surface area contributed by atoms with E-state index in [1.54, 1.807) is 7.11 Å². The Kier molecular flexibility index (Phi) is 8.58. The third-order valence-electron chi connectivity index (χ3n) is 3.48. The van der Waals surface area contributed by atoms with Crippen molar-refractivity contribution >= 4 is 5.91 Å². The molecular weight excluding hydrogens is 280 g/mol. The molecule has 132 valence electrons. The molecule has 0 heterocycles. The zero-order chi connectivity index (χ0) is 17.4. The molecule has 0 spiro atoms.